The standard InChI is InChI=1S/C21H19N3O4/c1-15(25)28-19-11-7-6-10-17(19)21-18(12-13-20(26)27-2)24(23-22-21)14-16-8-4-3-5-9-16/h3-13H,14H2,1-2H3/b13-12+. The monoisotopic (exact) mass is 377 g/mol. The van der Waals surface area contributed by atoms with Crippen LogP contribution in [-0.2, 0) is 20.9 Å². The summed E-state index contributed by atoms with van der Waals surface area (Å²) in [5, 5.41) is 8.51. The molecular formula is C21H19N3O4. The number of esters is 2. The summed E-state index contributed by atoms with van der Waals surface area (Å²) < 4.78 is 11.7. The Bertz CT molecular complexity index is 1010. The number of nitrogens with zero attached hydrogens (tertiary/aromatic N) is 3. The van der Waals surface area contributed by atoms with Gasteiger partial charge in [-0.3, -0.25) is 4.79 Å². The van der Waals surface area contributed by atoms with E-state index in [1.165, 1.54) is 20.1 Å². The van der Waals surface area contributed by atoms with E-state index >= 15 is 0 Å². The van der Waals surface area contributed by atoms with Gasteiger partial charge in [-0.05, 0) is 23.8 Å². The van der Waals surface area contributed by atoms with Crippen LogP contribution in [0.2, 0.25) is 0 Å². The van der Waals surface area contributed by atoms with Gasteiger partial charge < -0.3 is 9.47 Å². The van der Waals surface area contributed by atoms with E-state index < -0.39 is 11.9 Å². The summed E-state index contributed by atoms with van der Waals surface area (Å²) in [6, 6.07) is 16.8. The second-order valence-electron chi connectivity index (χ2n) is 5.91. The van der Waals surface area contributed by atoms with E-state index in [1.807, 2.05) is 36.4 Å². The first-order chi connectivity index (χ1) is 13.6. The van der Waals surface area contributed by atoms with Crippen molar-refractivity contribution in [2.45, 2.75) is 13.5 Å². The van der Waals surface area contributed by atoms with Gasteiger partial charge in [-0.25, -0.2) is 9.48 Å². The molecule has 3 aromatic rings. The Kier molecular flexibility index (Phi) is 5.96. The van der Waals surface area contributed by atoms with Crippen molar-refractivity contribution in [1.82, 2.24) is 15.0 Å². The first-order valence-corrected chi connectivity index (χ1v) is 8.59. The van der Waals surface area contributed by atoms with Crippen LogP contribution in [0.4, 0.5) is 0 Å². The summed E-state index contributed by atoms with van der Waals surface area (Å²) >= 11 is 0. The maximum atomic E-state index is 11.6. The van der Waals surface area contributed by atoms with Crippen LogP contribution in [-0.4, -0.2) is 34.0 Å². The molecule has 3 rings (SSSR count). The predicted octanol–water partition coefficient (Wildman–Crippen LogP) is 3.10. The number of rotatable bonds is 6. The van der Waals surface area contributed by atoms with Gasteiger partial charge in [0.05, 0.1) is 19.3 Å². The molecule has 0 spiro atoms. The summed E-state index contributed by atoms with van der Waals surface area (Å²) in [6.07, 6.45) is 2.90. The second kappa shape index (κ2) is 8.77. The highest BCUT2D eigenvalue weighted by Crippen LogP contribution is 2.31. The maximum absolute atomic E-state index is 11.6. The number of hydrogen-bond acceptors (Lipinski definition) is 6. The number of ether oxygens (including phenoxy) is 2. The lowest BCUT2D eigenvalue weighted by Crippen LogP contribution is -2.05. The van der Waals surface area contributed by atoms with Crippen LogP contribution in [0.15, 0.2) is 60.7 Å². The van der Waals surface area contributed by atoms with Gasteiger partial charge in [-0.15, -0.1) is 5.10 Å². The van der Waals surface area contributed by atoms with Crippen molar-refractivity contribution in [3.8, 4) is 17.0 Å². The highest BCUT2D eigenvalue weighted by Gasteiger charge is 2.18. The molecule has 0 amide bonds. The summed E-state index contributed by atoms with van der Waals surface area (Å²) in [5.74, 6) is -0.558. The highest BCUT2D eigenvalue weighted by atomic mass is 16.5. The highest BCUT2D eigenvalue weighted by molar-refractivity contribution is 5.88. The molecule has 0 bridgehead atoms. The summed E-state index contributed by atoms with van der Waals surface area (Å²) in [5.41, 5.74) is 2.71. The number of hydrogen-bond donors (Lipinski definition) is 0. The van der Waals surface area contributed by atoms with E-state index in [4.69, 9.17) is 4.74 Å². The van der Waals surface area contributed by atoms with Crippen LogP contribution in [0.3, 0.4) is 0 Å². The number of carbonyl (C=O) groups excluding carboxylic acids is 2. The Morgan fingerprint density at radius 3 is 2.50 bits per heavy atom. The van der Waals surface area contributed by atoms with Gasteiger partial charge in [0.15, 0.2) is 0 Å². The molecule has 0 fully saturated rings. The first kappa shape index (κ1) is 19.0. The smallest absolute Gasteiger partial charge is 0.330 e. The molecule has 0 saturated carbocycles. The third-order valence-corrected chi connectivity index (χ3v) is 3.92. The van der Waals surface area contributed by atoms with E-state index in [-0.39, 0.29) is 0 Å². The quantitative estimate of drug-likeness (QED) is 0.373. The van der Waals surface area contributed by atoms with Crippen molar-refractivity contribution < 1.29 is 19.1 Å². The van der Waals surface area contributed by atoms with Crippen molar-refractivity contribution in [3.05, 3.63) is 71.9 Å². The van der Waals surface area contributed by atoms with E-state index in [2.05, 4.69) is 15.0 Å². The van der Waals surface area contributed by atoms with Crippen molar-refractivity contribution in [2.75, 3.05) is 7.11 Å². The lowest BCUT2D eigenvalue weighted by atomic mass is 10.1. The molecule has 0 radical (unpaired) electrons. The van der Waals surface area contributed by atoms with Gasteiger partial charge in [0, 0.05) is 18.6 Å². The van der Waals surface area contributed by atoms with E-state index in [1.54, 1.807) is 29.0 Å². The number of benzene rings is 2. The molecule has 142 valence electrons. The fourth-order valence-electron chi connectivity index (χ4n) is 2.67. The lowest BCUT2D eigenvalue weighted by molar-refractivity contribution is -0.135. The maximum Gasteiger partial charge on any atom is 0.330 e. The van der Waals surface area contributed by atoms with Crippen LogP contribution in [0.25, 0.3) is 17.3 Å². The van der Waals surface area contributed by atoms with Crippen LogP contribution in [0.5, 0.6) is 5.75 Å². The fourth-order valence-corrected chi connectivity index (χ4v) is 2.67. The molecule has 2 aromatic carbocycles. The zero-order valence-electron chi connectivity index (χ0n) is 15.5. The number of para-hydroxylation sites is 1. The Labute approximate surface area is 162 Å². The Balaban J connectivity index is 2.08. The third-order valence-electron chi connectivity index (χ3n) is 3.92. The van der Waals surface area contributed by atoms with Crippen LogP contribution in [0.1, 0.15) is 18.2 Å². The first-order valence-electron chi connectivity index (χ1n) is 8.59. The molecule has 0 aliphatic heterocycles. The van der Waals surface area contributed by atoms with Crippen LogP contribution in [0, 0.1) is 0 Å². The van der Waals surface area contributed by atoms with Crippen molar-refractivity contribution >= 4 is 18.0 Å². The van der Waals surface area contributed by atoms with Gasteiger partial charge in [-0.1, -0.05) is 47.7 Å². The zero-order valence-corrected chi connectivity index (χ0v) is 15.5. The minimum absolute atomic E-state index is 0.370. The Morgan fingerprint density at radius 2 is 1.79 bits per heavy atom. The number of methoxy groups -OCH3 is 1. The normalized spacial score (nSPS) is 10.8. The summed E-state index contributed by atoms with van der Waals surface area (Å²) in [4.78, 5) is 23.1. The zero-order chi connectivity index (χ0) is 19.9. The summed E-state index contributed by atoms with van der Waals surface area (Å²) in [7, 11) is 1.31. The van der Waals surface area contributed by atoms with Crippen molar-refractivity contribution in [1.29, 1.82) is 0 Å². The van der Waals surface area contributed by atoms with E-state index in [9.17, 15) is 9.59 Å². The average Bonchev–Trinajstić information content (AvgIpc) is 3.09. The fraction of sp³-hybridized carbons (Fsp3) is 0.143. The lowest BCUT2D eigenvalue weighted by Gasteiger charge is -2.08. The molecule has 1 heterocycles. The van der Waals surface area contributed by atoms with Gasteiger partial charge in [0.2, 0.25) is 0 Å². The van der Waals surface area contributed by atoms with Crippen LogP contribution < -0.4 is 4.74 Å². The minimum atomic E-state index is -0.494. The van der Waals surface area contributed by atoms with Gasteiger partial charge >= 0.3 is 11.9 Å². The van der Waals surface area contributed by atoms with E-state index in [0.29, 0.717) is 29.2 Å². The molecule has 0 saturated heterocycles. The van der Waals surface area contributed by atoms with Crippen molar-refractivity contribution in [2.24, 2.45) is 0 Å². The average molecular weight is 377 g/mol. The minimum Gasteiger partial charge on any atom is -0.466 e. The molecule has 7 nitrogen and oxygen atoms in total. The van der Waals surface area contributed by atoms with Crippen LogP contribution >= 0.6 is 0 Å². The molecule has 0 aliphatic rings. The molecule has 0 atom stereocenters. The predicted molar refractivity (Wildman–Crippen MR) is 103 cm³/mol. The largest absolute Gasteiger partial charge is 0.466 e. The molecule has 1 aromatic heterocycles. The summed E-state index contributed by atoms with van der Waals surface area (Å²) in [6.45, 7) is 1.80. The Morgan fingerprint density at radius 1 is 1.07 bits per heavy atom. The van der Waals surface area contributed by atoms with Crippen molar-refractivity contribution in [3.63, 3.8) is 0 Å². The molecule has 0 unspecified atom stereocenters. The molecule has 7 heteroatoms. The van der Waals surface area contributed by atoms with Gasteiger partial charge in [0.25, 0.3) is 0 Å². The Hall–Kier alpha value is -3.74. The SMILES string of the molecule is COC(=O)/C=C/c1c(-c2ccccc2OC(C)=O)nnn1Cc1ccccc1. The molecule has 28 heavy (non-hydrogen) atoms. The number of carbonyl (C=O) groups is 2. The molecule has 0 N–H and O–H groups in total. The van der Waals surface area contributed by atoms with Gasteiger partial charge in [0.1, 0.15) is 11.4 Å². The molecule has 0 aliphatic carbocycles. The van der Waals surface area contributed by atoms with Gasteiger partial charge in [-0.2, -0.15) is 0 Å². The second-order valence-corrected chi connectivity index (χ2v) is 5.91. The molecular weight excluding hydrogens is 358 g/mol. The third kappa shape index (κ3) is 4.50. The number of aromatic nitrogens is 3. The topological polar surface area (TPSA) is 83.3 Å². The van der Waals surface area contributed by atoms with E-state index in [0.717, 1.165) is 5.56 Å².